The zero-order chi connectivity index (χ0) is 17.1. The Hall–Kier alpha value is -2.34. The number of nitrogens with zero attached hydrogens (tertiary/aromatic N) is 1. The first-order chi connectivity index (χ1) is 11.5. The fourth-order valence-corrected chi connectivity index (χ4v) is 4.20. The van der Waals surface area contributed by atoms with Gasteiger partial charge in [0.25, 0.3) is 0 Å². The highest BCUT2D eigenvalue weighted by Crippen LogP contribution is 2.53. The van der Waals surface area contributed by atoms with Crippen LogP contribution >= 0.6 is 0 Å². The molecule has 6 nitrogen and oxygen atoms in total. The number of fused-ring (bicyclic) bond motifs is 1. The van der Waals surface area contributed by atoms with Crippen LogP contribution in [0.3, 0.4) is 0 Å². The topological polar surface area (TPSA) is 76.1 Å². The molecule has 2 saturated heterocycles. The highest BCUT2D eigenvalue weighted by molar-refractivity contribution is 5.91. The molecule has 126 valence electrons. The van der Waals surface area contributed by atoms with Gasteiger partial charge in [-0.3, -0.25) is 9.59 Å². The molecule has 1 amide bonds. The fraction of sp³-hybridized carbons (Fsp3) is 0.444. The van der Waals surface area contributed by atoms with Crippen LogP contribution in [0.2, 0.25) is 0 Å². The smallest absolute Gasteiger partial charge is 0.310 e. The maximum Gasteiger partial charge on any atom is 0.310 e. The lowest BCUT2D eigenvalue weighted by Gasteiger charge is -2.27. The van der Waals surface area contributed by atoms with Gasteiger partial charge in [0.1, 0.15) is 17.3 Å². The van der Waals surface area contributed by atoms with E-state index in [1.54, 1.807) is 18.1 Å². The Balaban J connectivity index is 1.63. The van der Waals surface area contributed by atoms with Crippen LogP contribution in [0.25, 0.3) is 0 Å². The molecule has 0 unspecified atom stereocenters. The van der Waals surface area contributed by atoms with Gasteiger partial charge in [0, 0.05) is 0 Å². The van der Waals surface area contributed by atoms with E-state index in [-0.39, 0.29) is 11.9 Å². The van der Waals surface area contributed by atoms with E-state index in [2.05, 4.69) is 0 Å². The van der Waals surface area contributed by atoms with Gasteiger partial charge >= 0.3 is 5.97 Å². The van der Waals surface area contributed by atoms with Gasteiger partial charge in [0.2, 0.25) is 5.91 Å². The van der Waals surface area contributed by atoms with Gasteiger partial charge in [-0.05, 0) is 24.6 Å². The molecule has 0 aliphatic carbocycles. The van der Waals surface area contributed by atoms with Crippen LogP contribution in [0.4, 0.5) is 0 Å². The van der Waals surface area contributed by atoms with Crippen LogP contribution in [0.1, 0.15) is 18.5 Å². The van der Waals surface area contributed by atoms with Crippen LogP contribution in [-0.2, 0) is 14.3 Å². The molecule has 1 spiro atoms. The van der Waals surface area contributed by atoms with Crippen LogP contribution < -0.4 is 4.74 Å². The molecule has 24 heavy (non-hydrogen) atoms. The third-order valence-electron chi connectivity index (χ3n) is 5.48. The van der Waals surface area contributed by atoms with Crippen molar-refractivity contribution < 1.29 is 24.2 Å². The molecule has 5 atom stereocenters. The van der Waals surface area contributed by atoms with Crippen LogP contribution in [0, 0.1) is 11.8 Å². The largest absolute Gasteiger partial charge is 0.497 e. The Morgan fingerprint density at radius 3 is 2.75 bits per heavy atom. The Bertz CT molecular complexity index is 727. The number of ether oxygens (including phenoxy) is 2. The van der Waals surface area contributed by atoms with E-state index in [1.165, 1.54) is 0 Å². The molecule has 0 saturated carbocycles. The second kappa shape index (κ2) is 5.08. The third kappa shape index (κ3) is 1.92. The fourth-order valence-electron chi connectivity index (χ4n) is 4.20. The monoisotopic (exact) mass is 329 g/mol. The lowest BCUT2D eigenvalue weighted by molar-refractivity contribution is -0.148. The van der Waals surface area contributed by atoms with E-state index in [4.69, 9.17) is 9.47 Å². The van der Waals surface area contributed by atoms with Gasteiger partial charge in [-0.25, -0.2) is 0 Å². The number of likely N-dealkylation sites (tertiary alicyclic amines) is 1. The summed E-state index contributed by atoms with van der Waals surface area (Å²) in [5.41, 5.74) is 0.192. The van der Waals surface area contributed by atoms with Gasteiger partial charge in [0.15, 0.2) is 0 Å². The van der Waals surface area contributed by atoms with Crippen molar-refractivity contribution in [1.82, 2.24) is 4.90 Å². The quantitative estimate of drug-likeness (QED) is 0.850. The molecule has 0 radical (unpaired) electrons. The second-order valence-electron chi connectivity index (χ2n) is 6.65. The summed E-state index contributed by atoms with van der Waals surface area (Å²) in [5.74, 6) is -1.78. The lowest BCUT2D eigenvalue weighted by atomic mass is 9.77. The molecular formula is C18H19NO5. The minimum atomic E-state index is -0.969. The second-order valence-corrected chi connectivity index (χ2v) is 6.65. The number of benzene rings is 1. The number of carboxylic acid groups (broad SMARTS) is 1. The number of carboxylic acids is 1. The highest BCUT2D eigenvalue weighted by atomic mass is 16.5. The van der Waals surface area contributed by atoms with E-state index in [0.717, 1.165) is 11.3 Å². The number of amides is 1. The van der Waals surface area contributed by atoms with Crippen LogP contribution in [0.5, 0.6) is 5.75 Å². The Morgan fingerprint density at radius 2 is 2.12 bits per heavy atom. The van der Waals surface area contributed by atoms with Crippen molar-refractivity contribution in [3.8, 4) is 5.75 Å². The van der Waals surface area contributed by atoms with E-state index < -0.39 is 29.5 Å². The molecular weight excluding hydrogens is 310 g/mol. The maximum absolute atomic E-state index is 12.9. The number of methoxy groups -OCH3 is 1. The van der Waals surface area contributed by atoms with Crippen LogP contribution in [-0.4, -0.2) is 47.2 Å². The van der Waals surface area contributed by atoms with E-state index in [9.17, 15) is 14.7 Å². The highest BCUT2D eigenvalue weighted by Gasteiger charge is 2.67. The van der Waals surface area contributed by atoms with Gasteiger partial charge in [-0.1, -0.05) is 24.3 Å². The normalized spacial score (nSPS) is 34.5. The molecule has 0 aromatic heterocycles. The summed E-state index contributed by atoms with van der Waals surface area (Å²) in [5, 5.41) is 9.50. The maximum atomic E-state index is 12.9. The lowest BCUT2D eigenvalue weighted by Crippen LogP contribution is -2.39. The Labute approximate surface area is 139 Å². The Morgan fingerprint density at radius 1 is 1.42 bits per heavy atom. The summed E-state index contributed by atoms with van der Waals surface area (Å²) >= 11 is 0. The van der Waals surface area contributed by atoms with Gasteiger partial charge < -0.3 is 19.5 Å². The summed E-state index contributed by atoms with van der Waals surface area (Å²) < 4.78 is 11.1. The SMILES string of the molecule is COc1ccc([C@@H](C)N2C[C@@]34C=C[C@H](O3)[C@H](C(=O)O)[C@@H]4C2=O)cc1. The van der Waals surface area contributed by atoms with Crippen molar-refractivity contribution >= 4 is 11.9 Å². The van der Waals surface area contributed by atoms with Crippen molar-refractivity contribution in [2.75, 3.05) is 13.7 Å². The number of carbonyl (C=O) groups excluding carboxylic acids is 1. The average Bonchev–Trinajstić information content (AvgIpc) is 3.22. The molecule has 3 aliphatic rings. The van der Waals surface area contributed by atoms with E-state index in [0.29, 0.717) is 6.54 Å². The standard InChI is InChI=1S/C18H19NO5/c1-10(11-3-5-12(23-2)6-4-11)19-9-18-8-7-13(24-18)14(17(21)22)15(18)16(19)20/h3-8,10,13-15H,9H2,1-2H3,(H,21,22)/t10-,13+,14+,15-,18-/m1/s1. The van der Waals surface area contributed by atoms with Gasteiger partial charge in [-0.2, -0.15) is 0 Å². The van der Waals surface area contributed by atoms with Gasteiger partial charge in [0.05, 0.1) is 31.7 Å². The molecule has 2 fully saturated rings. The summed E-state index contributed by atoms with van der Waals surface area (Å²) in [6.45, 7) is 2.34. The molecule has 1 aromatic carbocycles. The molecule has 1 aromatic rings. The summed E-state index contributed by atoms with van der Waals surface area (Å²) in [7, 11) is 1.61. The predicted molar refractivity (Wildman–Crippen MR) is 84.5 cm³/mol. The number of hydrogen-bond donors (Lipinski definition) is 1. The zero-order valence-electron chi connectivity index (χ0n) is 13.5. The summed E-state index contributed by atoms with van der Waals surface area (Å²) in [6.07, 6.45) is 3.17. The van der Waals surface area contributed by atoms with Crippen LogP contribution in [0.15, 0.2) is 36.4 Å². The van der Waals surface area contributed by atoms with E-state index >= 15 is 0 Å². The first-order valence-corrected chi connectivity index (χ1v) is 8.01. The zero-order valence-corrected chi connectivity index (χ0v) is 13.5. The molecule has 1 N–H and O–H groups in total. The molecule has 3 heterocycles. The number of rotatable bonds is 4. The molecule has 3 aliphatic heterocycles. The molecule has 6 heteroatoms. The average molecular weight is 329 g/mol. The molecule has 4 rings (SSSR count). The van der Waals surface area contributed by atoms with Crippen molar-refractivity contribution in [3.63, 3.8) is 0 Å². The number of hydrogen-bond acceptors (Lipinski definition) is 4. The third-order valence-corrected chi connectivity index (χ3v) is 5.48. The minimum absolute atomic E-state index is 0.141. The predicted octanol–water partition coefficient (Wildman–Crippen LogP) is 1.62. The first-order valence-electron chi connectivity index (χ1n) is 8.01. The van der Waals surface area contributed by atoms with Crippen molar-refractivity contribution in [2.45, 2.75) is 24.7 Å². The number of carbonyl (C=O) groups is 2. The van der Waals surface area contributed by atoms with Gasteiger partial charge in [-0.15, -0.1) is 0 Å². The van der Waals surface area contributed by atoms with Crippen molar-refractivity contribution in [3.05, 3.63) is 42.0 Å². The Kier molecular flexibility index (Phi) is 3.22. The minimum Gasteiger partial charge on any atom is -0.497 e. The van der Waals surface area contributed by atoms with Crippen molar-refractivity contribution in [1.29, 1.82) is 0 Å². The number of aliphatic carboxylic acids is 1. The summed E-state index contributed by atoms with van der Waals surface area (Å²) in [6, 6.07) is 7.39. The molecule has 2 bridgehead atoms. The van der Waals surface area contributed by atoms with E-state index in [1.807, 2.05) is 37.3 Å². The van der Waals surface area contributed by atoms with Crippen molar-refractivity contribution in [2.24, 2.45) is 11.8 Å². The first kappa shape index (κ1) is 15.2. The summed E-state index contributed by atoms with van der Waals surface area (Å²) in [4.78, 5) is 26.3.